The van der Waals surface area contributed by atoms with E-state index in [1.807, 2.05) is 0 Å². The fourth-order valence-electron chi connectivity index (χ4n) is 5.33. The predicted octanol–water partition coefficient (Wildman–Crippen LogP) is 3.16. The maximum Gasteiger partial charge on any atom is 0.0933 e. The Morgan fingerprint density at radius 3 is 2.26 bits per heavy atom. The lowest BCUT2D eigenvalue weighted by molar-refractivity contribution is -0.0416. The summed E-state index contributed by atoms with van der Waals surface area (Å²) in [4.78, 5) is 8.55. The molecular weight excluding hydrogens is 234 g/mol. The molecule has 0 radical (unpaired) electrons. The fraction of sp³-hybridized carbons (Fsp3) is 0.688. The first-order valence-electron chi connectivity index (χ1n) is 7.50. The summed E-state index contributed by atoms with van der Waals surface area (Å²) in [7, 11) is 0. The molecule has 1 heterocycles. The molecule has 0 saturated heterocycles. The second-order valence-electron chi connectivity index (χ2n) is 6.75. The van der Waals surface area contributed by atoms with Crippen LogP contribution in [0.25, 0.3) is 0 Å². The highest BCUT2D eigenvalue weighted by Gasteiger charge is 2.51. The van der Waals surface area contributed by atoms with E-state index in [-0.39, 0.29) is 5.92 Å². The normalized spacial score (nSPS) is 40.9. The lowest BCUT2D eigenvalue weighted by Crippen LogP contribution is -2.47. The molecule has 0 aliphatic heterocycles. The summed E-state index contributed by atoms with van der Waals surface area (Å²) in [5.41, 5.74) is 0.891. The molecule has 5 rings (SSSR count). The monoisotopic (exact) mass is 253 g/mol. The quantitative estimate of drug-likeness (QED) is 0.813. The number of aromatic nitrogens is 2. The summed E-state index contributed by atoms with van der Waals surface area (Å²) in [6.45, 7) is 0. The molecule has 3 heteroatoms. The van der Waals surface area contributed by atoms with Gasteiger partial charge >= 0.3 is 0 Å². The molecule has 1 unspecified atom stereocenters. The third-order valence-electron chi connectivity index (χ3n) is 5.73. The predicted molar refractivity (Wildman–Crippen MR) is 70.9 cm³/mol. The number of rotatable bonds is 2. The van der Waals surface area contributed by atoms with Crippen molar-refractivity contribution in [1.82, 2.24) is 9.97 Å². The summed E-state index contributed by atoms with van der Waals surface area (Å²) in [5, 5.41) is 9.65. The van der Waals surface area contributed by atoms with E-state index in [9.17, 15) is 5.26 Å². The molecule has 3 nitrogen and oxygen atoms in total. The van der Waals surface area contributed by atoms with Gasteiger partial charge in [-0.2, -0.15) is 5.26 Å². The van der Waals surface area contributed by atoms with Crippen LogP contribution in [-0.2, 0) is 0 Å². The molecule has 1 aromatic rings. The molecule has 0 amide bonds. The standard InChI is InChI=1S/C16H19N3/c17-8-14(15-9-18-1-2-19-15)16-12-4-10-3-11(6-12)7-13(16)5-10/h1-2,9-14,16H,3-7H2. The highest BCUT2D eigenvalue weighted by molar-refractivity contribution is 5.18. The zero-order valence-electron chi connectivity index (χ0n) is 11.1. The molecule has 4 aliphatic rings. The second kappa shape index (κ2) is 4.30. The van der Waals surface area contributed by atoms with Crippen LogP contribution < -0.4 is 0 Å². The molecule has 1 aromatic heterocycles. The largest absolute Gasteiger partial charge is 0.261 e. The number of hydrogen-bond donors (Lipinski definition) is 0. The van der Waals surface area contributed by atoms with E-state index in [0.717, 1.165) is 29.4 Å². The van der Waals surface area contributed by atoms with Crippen molar-refractivity contribution < 1.29 is 0 Å². The molecule has 1 atom stereocenters. The number of nitrogens with zero attached hydrogens (tertiary/aromatic N) is 3. The molecule has 4 aliphatic carbocycles. The van der Waals surface area contributed by atoms with Gasteiger partial charge in [-0.15, -0.1) is 0 Å². The van der Waals surface area contributed by atoms with Gasteiger partial charge in [0.2, 0.25) is 0 Å². The summed E-state index contributed by atoms with van der Waals surface area (Å²) in [5.74, 6) is 3.95. The van der Waals surface area contributed by atoms with Crippen LogP contribution in [0.1, 0.15) is 43.7 Å². The van der Waals surface area contributed by atoms with E-state index in [2.05, 4.69) is 16.0 Å². The van der Waals surface area contributed by atoms with Gasteiger partial charge in [0.05, 0.1) is 17.7 Å². The van der Waals surface area contributed by atoms with Crippen LogP contribution in [0.3, 0.4) is 0 Å². The Balaban J connectivity index is 1.66. The van der Waals surface area contributed by atoms with Gasteiger partial charge in [0.1, 0.15) is 0 Å². The van der Waals surface area contributed by atoms with Crippen LogP contribution in [0.15, 0.2) is 18.6 Å². The van der Waals surface area contributed by atoms with E-state index < -0.39 is 0 Å². The van der Waals surface area contributed by atoms with E-state index in [1.54, 1.807) is 18.6 Å². The van der Waals surface area contributed by atoms with Gasteiger partial charge in [-0.05, 0) is 61.7 Å². The van der Waals surface area contributed by atoms with E-state index in [1.165, 1.54) is 32.1 Å². The van der Waals surface area contributed by atoms with Crippen LogP contribution in [0.4, 0.5) is 0 Å². The minimum Gasteiger partial charge on any atom is -0.261 e. The van der Waals surface area contributed by atoms with Crippen LogP contribution in [0, 0.1) is 40.9 Å². The molecular formula is C16H19N3. The Labute approximate surface area is 114 Å². The first kappa shape index (κ1) is 11.4. The van der Waals surface area contributed by atoms with Gasteiger partial charge in [0.15, 0.2) is 0 Å². The topological polar surface area (TPSA) is 49.6 Å². The first-order chi connectivity index (χ1) is 9.35. The molecule has 0 spiro atoms. The van der Waals surface area contributed by atoms with E-state index >= 15 is 0 Å². The Bertz CT molecular complexity index is 476. The van der Waals surface area contributed by atoms with E-state index in [4.69, 9.17) is 0 Å². The van der Waals surface area contributed by atoms with Crippen LogP contribution >= 0.6 is 0 Å². The summed E-state index contributed by atoms with van der Waals surface area (Å²) in [6, 6.07) is 2.54. The van der Waals surface area contributed by atoms with Gasteiger partial charge in [0.25, 0.3) is 0 Å². The minimum atomic E-state index is -0.0382. The first-order valence-corrected chi connectivity index (χ1v) is 7.50. The molecule has 0 aromatic carbocycles. The smallest absolute Gasteiger partial charge is 0.0933 e. The van der Waals surface area contributed by atoms with Gasteiger partial charge < -0.3 is 0 Å². The lowest BCUT2D eigenvalue weighted by Gasteiger charge is -2.55. The minimum absolute atomic E-state index is 0.0382. The van der Waals surface area contributed by atoms with Gasteiger partial charge in [-0.25, -0.2) is 0 Å². The van der Waals surface area contributed by atoms with Crippen molar-refractivity contribution in [2.75, 3.05) is 0 Å². The zero-order chi connectivity index (χ0) is 12.8. The average molecular weight is 253 g/mol. The van der Waals surface area contributed by atoms with Crippen LogP contribution in [-0.4, -0.2) is 9.97 Å². The zero-order valence-corrected chi connectivity index (χ0v) is 11.1. The van der Waals surface area contributed by atoms with Crippen molar-refractivity contribution in [2.24, 2.45) is 29.6 Å². The Hall–Kier alpha value is -1.43. The Morgan fingerprint density at radius 1 is 1.05 bits per heavy atom. The van der Waals surface area contributed by atoms with Crippen molar-refractivity contribution in [3.63, 3.8) is 0 Å². The van der Waals surface area contributed by atoms with Gasteiger partial charge in [-0.1, -0.05) is 0 Å². The Morgan fingerprint density at radius 2 is 1.74 bits per heavy atom. The molecule has 4 fully saturated rings. The average Bonchev–Trinajstić information content (AvgIpc) is 2.43. The highest BCUT2D eigenvalue weighted by Crippen LogP contribution is 2.59. The van der Waals surface area contributed by atoms with Crippen molar-refractivity contribution in [1.29, 1.82) is 5.26 Å². The van der Waals surface area contributed by atoms with Gasteiger partial charge in [0, 0.05) is 18.6 Å². The summed E-state index contributed by atoms with van der Waals surface area (Å²) >= 11 is 0. The third-order valence-corrected chi connectivity index (χ3v) is 5.73. The van der Waals surface area contributed by atoms with Crippen LogP contribution in [0.2, 0.25) is 0 Å². The maximum atomic E-state index is 9.65. The van der Waals surface area contributed by atoms with Crippen molar-refractivity contribution in [3.8, 4) is 6.07 Å². The van der Waals surface area contributed by atoms with Crippen LogP contribution in [0.5, 0.6) is 0 Å². The van der Waals surface area contributed by atoms with Gasteiger partial charge in [-0.3, -0.25) is 9.97 Å². The maximum absolute atomic E-state index is 9.65. The van der Waals surface area contributed by atoms with E-state index in [0.29, 0.717) is 5.92 Å². The SMILES string of the molecule is N#CC(c1cnccn1)C1C2CC3CC(C2)CC1C3. The van der Waals surface area contributed by atoms with Crippen molar-refractivity contribution >= 4 is 0 Å². The highest BCUT2D eigenvalue weighted by atomic mass is 14.8. The van der Waals surface area contributed by atoms with Crippen molar-refractivity contribution in [3.05, 3.63) is 24.3 Å². The fourth-order valence-corrected chi connectivity index (χ4v) is 5.33. The molecule has 19 heavy (non-hydrogen) atoms. The second-order valence-corrected chi connectivity index (χ2v) is 6.75. The number of hydrogen-bond acceptors (Lipinski definition) is 3. The third kappa shape index (κ3) is 1.77. The van der Waals surface area contributed by atoms with Crippen molar-refractivity contribution in [2.45, 2.75) is 38.0 Å². The molecule has 4 saturated carbocycles. The lowest BCUT2D eigenvalue weighted by atomic mass is 9.49. The molecule has 0 N–H and O–H groups in total. The Kier molecular flexibility index (Phi) is 2.58. The summed E-state index contributed by atoms with van der Waals surface area (Å²) < 4.78 is 0. The summed E-state index contributed by atoms with van der Waals surface area (Å²) in [6.07, 6.45) is 12.1. The molecule has 98 valence electrons. The number of nitriles is 1. The molecule has 4 bridgehead atoms.